The van der Waals surface area contributed by atoms with Crippen molar-refractivity contribution >= 4 is 0 Å². The lowest BCUT2D eigenvalue weighted by Gasteiger charge is -2.21. The Kier molecular flexibility index (Phi) is 2.85. The molecule has 2 rings (SSSR count). The average molecular weight is 192 g/mol. The number of ether oxygens (including phenoxy) is 1. The third-order valence-electron chi connectivity index (χ3n) is 2.81. The second-order valence-corrected chi connectivity index (χ2v) is 3.89. The maximum absolute atomic E-state index is 10.1. The van der Waals surface area contributed by atoms with E-state index in [-0.39, 0.29) is 6.10 Å². The molecule has 0 radical (unpaired) electrons. The summed E-state index contributed by atoms with van der Waals surface area (Å²) in [5, 5.41) is 10.1. The standard InChI is InChI=1S/C12H16O2/c1-14-12(10-7-8-10)11(13)9-5-3-2-4-6-9/h2-6,10-13H,7-8H2,1H3. The quantitative estimate of drug-likeness (QED) is 0.792. The molecule has 1 aromatic rings. The van der Waals surface area contributed by atoms with E-state index < -0.39 is 6.10 Å². The first-order valence-corrected chi connectivity index (χ1v) is 5.08. The molecular weight excluding hydrogens is 176 g/mol. The molecule has 1 aliphatic carbocycles. The predicted molar refractivity (Wildman–Crippen MR) is 54.9 cm³/mol. The molecule has 0 amide bonds. The highest BCUT2D eigenvalue weighted by molar-refractivity contribution is 5.19. The van der Waals surface area contributed by atoms with E-state index in [9.17, 15) is 5.11 Å². The highest BCUT2D eigenvalue weighted by atomic mass is 16.5. The normalized spacial score (nSPS) is 20.4. The maximum Gasteiger partial charge on any atom is 0.105 e. The summed E-state index contributed by atoms with van der Waals surface area (Å²) in [6.07, 6.45) is 1.86. The Bertz CT molecular complexity index is 280. The molecule has 76 valence electrons. The maximum atomic E-state index is 10.1. The Morgan fingerprint density at radius 1 is 1.29 bits per heavy atom. The molecule has 14 heavy (non-hydrogen) atoms. The summed E-state index contributed by atoms with van der Waals surface area (Å²) in [4.78, 5) is 0. The lowest BCUT2D eigenvalue weighted by atomic mass is 10.0. The Morgan fingerprint density at radius 3 is 2.43 bits per heavy atom. The number of aliphatic hydroxyl groups excluding tert-OH is 1. The second kappa shape index (κ2) is 4.11. The summed E-state index contributed by atoms with van der Waals surface area (Å²) in [5.74, 6) is 0.551. The van der Waals surface area contributed by atoms with Gasteiger partial charge in [-0.05, 0) is 24.3 Å². The summed E-state index contributed by atoms with van der Waals surface area (Å²) in [5.41, 5.74) is 0.950. The fraction of sp³-hybridized carbons (Fsp3) is 0.500. The van der Waals surface area contributed by atoms with Gasteiger partial charge >= 0.3 is 0 Å². The zero-order chi connectivity index (χ0) is 9.97. The van der Waals surface area contributed by atoms with Gasteiger partial charge in [0.15, 0.2) is 0 Å². The zero-order valence-electron chi connectivity index (χ0n) is 8.39. The van der Waals surface area contributed by atoms with Crippen LogP contribution in [0, 0.1) is 5.92 Å². The average Bonchev–Trinajstić information content (AvgIpc) is 3.04. The van der Waals surface area contributed by atoms with Gasteiger partial charge in [-0.1, -0.05) is 30.3 Å². The Balaban J connectivity index is 2.09. The van der Waals surface area contributed by atoms with Gasteiger partial charge in [-0.3, -0.25) is 0 Å². The van der Waals surface area contributed by atoms with E-state index in [2.05, 4.69) is 0 Å². The minimum Gasteiger partial charge on any atom is -0.386 e. The summed E-state index contributed by atoms with van der Waals surface area (Å²) >= 11 is 0. The number of aliphatic hydroxyl groups is 1. The van der Waals surface area contributed by atoms with Crippen molar-refractivity contribution in [3.05, 3.63) is 35.9 Å². The third kappa shape index (κ3) is 1.97. The molecule has 2 atom stereocenters. The molecule has 0 spiro atoms. The smallest absolute Gasteiger partial charge is 0.105 e. The van der Waals surface area contributed by atoms with Gasteiger partial charge in [-0.2, -0.15) is 0 Å². The van der Waals surface area contributed by atoms with Crippen LogP contribution in [-0.2, 0) is 4.74 Å². The van der Waals surface area contributed by atoms with Crippen LogP contribution >= 0.6 is 0 Å². The van der Waals surface area contributed by atoms with Gasteiger partial charge in [-0.25, -0.2) is 0 Å². The number of benzene rings is 1. The largest absolute Gasteiger partial charge is 0.386 e. The third-order valence-corrected chi connectivity index (χ3v) is 2.81. The van der Waals surface area contributed by atoms with E-state index in [0.717, 1.165) is 5.56 Å². The molecule has 2 heteroatoms. The van der Waals surface area contributed by atoms with E-state index in [4.69, 9.17) is 4.74 Å². The van der Waals surface area contributed by atoms with Gasteiger partial charge in [0.25, 0.3) is 0 Å². The summed E-state index contributed by atoms with van der Waals surface area (Å²) < 4.78 is 5.34. The van der Waals surface area contributed by atoms with Gasteiger partial charge in [0.05, 0.1) is 6.10 Å². The first-order valence-electron chi connectivity index (χ1n) is 5.08. The van der Waals surface area contributed by atoms with E-state index >= 15 is 0 Å². The first-order chi connectivity index (χ1) is 6.83. The highest BCUT2D eigenvalue weighted by Crippen LogP contribution is 2.39. The molecular formula is C12H16O2. The Labute approximate surface area is 84.5 Å². The number of rotatable bonds is 4. The molecule has 0 bridgehead atoms. The molecule has 0 aromatic heterocycles. The monoisotopic (exact) mass is 192 g/mol. The number of hydrogen-bond donors (Lipinski definition) is 1. The minimum absolute atomic E-state index is 0.0302. The summed E-state index contributed by atoms with van der Waals surface area (Å²) in [6.45, 7) is 0. The van der Waals surface area contributed by atoms with Crippen molar-refractivity contribution in [3.63, 3.8) is 0 Å². The molecule has 1 aliphatic rings. The van der Waals surface area contributed by atoms with E-state index in [1.807, 2.05) is 30.3 Å². The van der Waals surface area contributed by atoms with Crippen molar-refractivity contribution < 1.29 is 9.84 Å². The second-order valence-electron chi connectivity index (χ2n) is 3.89. The highest BCUT2D eigenvalue weighted by Gasteiger charge is 2.36. The topological polar surface area (TPSA) is 29.5 Å². The SMILES string of the molecule is COC(C1CC1)C(O)c1ccccc1. The van der Waals surface area contributed by atoms with Crippen molar-refractivity contribution in [2.75, 3.05) is 7.11 Å². The van der Waals surface area contributed by atoms with Crippen LogP contribution in [0.1, 0.15) is 24.5 Å². The molecule has 1 fully saturated rings. The Hall–Kier alpha value is -0.860. The molecule has 1 N–H and O–H groups in total. The van der Waals surface area contributed by atoms with E-state index in [0.29, 0.717) is 5.92 Å². The van der Waals surface area contributed by atoms with Crippen LogP contribution in [0.25, 0.3) is 0 Å². The van der Waals surface area contributed by atoms with Crippen molar-refractivity contribution in [3.8, 4) is 0 Å². The molecule has 0 saturated heterocycles. The van der Waals surface area contributed by atoms with Crippen molar-refractivity contribution in [1.29, 1.82) is 0 Å². The number of hydrogen-bond acceptors (Lipinski definition) is 2. The van der Waals surface area contributed by atoms with Gasteiger partial charge in [0.1, 0.15) is 6.10 Å². The molecule has 0 aliphatic heterocycles. The summed E-state index contributed by atoms with van der Waals surface area (Å²) in [6, 6.07) is 9.73. The van der Waals surface area contributed by atoms with E-state index in [1.54, 1.807) is 7.11 Å². The zero-order valence-corrected chi connectivity index (χ0v) is 8.39. The minimum atomic E-state index is -0.478. The van der Waals surface area contributed by atoms with Crippen molar-refractivity contribution in [2.45, 2.75) is 25.0 Å². The van der Waals surface area contributed by atoms with Gasteiger partial charge in [0, 0.05) is 7.11 Å². The molecule has 1 aromatic carbocycles. The Morgan fingerprint density at radius 2 is 1.93 bits per heavy atom. The fourth-order valence-electron chi connectivity index (χ4n) is 1.84. The molecule has 1 saturated carbocycles. The predicted octanol–water partition coefficient (Wildman–Crippen LogP) is 2.15. The lowest BCUT2D eigenvalue weighted by molar-refractivity contribution is -0.0259. The van der Waals surface area contributed by atoms with Crippen LogP contribution < -0.4 is 0 Å². The van der Waals surface area contributed by atoms with E-state index in [1.165, 1.54) is 12.8 Å². The molecule has 2 nitrogen and oxygen atoms in total. The van der Waals surface area contributed by atoms with Gasteiger partial charge in [-0.15, -0.1) is 0 Å². The first kappa shape index (κ1) is 9.69. The van der Waals surface area contributed by atoms with Crippen molar-refractivity contribution in [1.82, 2.24) is 0 Å². The van der Waals surface area contributed by atoms with Crippen molar-refractivity contribution in [2.24, 2.45) is 5.92 Å². The van der Waals surface area contributed by atoms with Crippen LogP contribution in [0.4, 0.5) is 0 Å². The van der Waals surface area contributed by atoms with Crippen LogP contribution in [0.5, 0.6) is 0 Å². The molecule has 2 unspecified atom stereocenters. The fourth-order valence-corrected chi connectivity index (χ4v) is 1.84. The van der Waals surface area contributed by atoms with Crippen LogP contribution in [-0.4, -0.2) is 18.3 Å². The lowest BCUT2D eigenvalue weighted by Crippen LogP contribution is -2.22. The van der Waals surface area contributed by atoms with Gasteiger partial charge < -0.3 is 9.84 Å². The van der Waals surface area contributed by atoms with Crippen LogP contribution in [0.15, 0.2) is 30.3 Å². The van der Waals surface area contributed by atoms with Gasteiger partial charge in [0.2, 0.25) is 0 Å². The molecule has 0 heterocycles. The van der Waals surface area contributed by atoms with Crippen LogP contribution in [0.3, 0.4) is 0 Å². The van der Waals surface area contributed by atoms with Crippen LogP contribution in [0.2, 0.25) is 0 Å². The number of methoxy groups -OCH3 is 1. The summed E-state index contributed by atoms with van der Waals surface area (Å²) in [7, 11) is 1.68.